The Morgan fingerprint density at radius 2 is 2.24 bits per heavy atom. The summed E-state index contributed by atoms with van der Waals surface area (Å²) < 4.78 is 0. The molecule has 0 fully saturated rings. The third kappa shape index (κ3) is 2.38. The number of nitrogens with one attached hydrogen (secondary N) is 1. The van der Waals surface area contributed by atoms with Crippen molar-refractivity contribution in [1.29, 1.82) is 0 Å². The fourth-order valence-electron chi connectivity index (χ4n) is 1.89. The number of H-pyrrole nitrogens is 1. The van der Waals surface area contributed by atoms with Gasteiger partial charge in [0.25, 0.3) is 0 Å². The van der Waals surface area contributed by atoms with Crippen molar-refractivity contribution in [2.24, 2.45) is 0 Å². The molecular formula is C14H16N2O. The lowest BCUT2D eigenvalue weighted by molar-refractivity contribution is -0.124. The van der Waals surface area contributed by atoms with Crippen LogP contribution in [0.3, 0.4) is 0 Å². The number of aromatic nitrogens is 1. The third-order valence-corrected chi connectivity index (χ3v) is 2.94. The van der Waals surface area contributed by atoms with Gasteiger partial charge in [0.15, 0.2) is 0 Å². The summed E-state index contributed by atoms with van der Waals surface area (Å²) in [5, 5.41) is 1.23. The fraction of sp³-hybridized carbons (Fsp3) is 0.214. The number of para-hydroxylation sites is 1. The summed E-state index contributed by atoms with van der Waals surface area (Å²) in [6.07, 6.45) is 4.20. The minimum absolute atomic E-state index is 0.0372. The zero-order valence-corrected chi connectivity index (χ0v) is 9.94. The summed E-state index contributed by atoms with van der Waals surface area (Å²) in [4.78, 5) is 16.2. The second-order valence-corrected chi connectivity index (χ2v) is 4.07. The van der Waals surface area contributed by atoms with Gasteiger partial charge in [0.2, 0.25) is 5.91 Å². The Labute approximate surface area is 101 Å². The van der Waals surface area contributed by atoms with Crippen LogP contribution in [0.15, 0.2) is 43.1 Å². The van der Waals surface area contributed by atoms with Gasteiger partial charge in [-0.1, -0.05) is 24.8 Å². The maximum absolute atomic E-state index is 11.3. The van der Waals surface area contributed by atoms with Crippen LogP contribution in [-0.2, 0) is 11.2 Å². The number of hydrogen-bond acceptors (Lipinski definition) is 1. The van der Waals surface area contributed by atoms with E-state index in [9.17, 15) is 4.79 Å². The van der Waals surface area contributed by atoms with E-state index in [0.29, 0.717) is 6.54 Å². The van der Waals surface area contributed by atoms with E-state index in [4.69, 9.17) is 0 Å². The van der Waals surface area contributed by atoms with Gasteiger partial charge in [-0.2, -0.15) is 0 Å². The van der Waals surface area contributed by atoms with Crippen LogP contribution in [0, 0.1) is 0 Å². The second-order valence-electron chi connectivity index (χ2n) is 4.07. The van der Waals surface area contributed by atoms with E-state index in [0.717, 1.165) is 11.9 Å². The molecule has 0 atom stereocenters. The summed E-state index contributed by atoms with van der Waals surface area (Å²) in [6, 6.07) is 8.18. The average molecular weight is 228 g/mol. The highest BCUT2D eigenvalue weighted by Gasteiger charge is 2.06. The molecule has 1 heterocycles. The number of aromatic amines is 1. The van der Waals surface area contributed by atoms with E-state index < -0.39 is 0 Å². The molecule has 2 rings (SSSR count). The molecular weight excluding hydrogens is 212 g/mol. The Hall–Kier alpha value is -2.03. The van der Waals surface area contributed by atoms with Crippen LogP contribution in [0.1, 0.15) is 5.56 Å². The number of nitrogens with zero attached hydrogens (tertiary/aromatic N) is 1. The quantitative estimate of drug-likeness (QED) is 0.801. The van der Waals surface area contributed by atoms with Crippen molar-refractivity contribution in [3.05, 3.63) is 48.7 Å². The summed E-state index contributed by atoms with van der Waals surface area (Å²) >= 11 is 0. The van der Waals surface area contributed by atoms with Crippen LogP contribution in [0.4, 0.5) is 0 Å². The first-order valence-electron chi connectivity index (χ1n) is 5.65. The van der Waals surface area contributed by atoms with Crippen LogP contribution >= 0.6 is 0 Å². The van der Waals surface area contributed by atoms with E-state index in [1.807, 2.05) is 18.3 Å². The number of carbonyl (C=O) groups is 1. The van der Waals surface area contributed by atoms with Gasteiger partial charge in [-0.3, -0.25) is 4.79 Å². The van der Waals surface area contributed by atoms with E-state index in [1.165, 1.54) is 17.0 Å². The minimum Gasteiger partial charge on any atom is -0.361 e. The first-order valence-corrected chi connectivity index (χ1v) is 5.65. The number of likely N-dealkylation sites (N-methyl/N-ethyl adjacent to an activating group) is 1. The smallest absolute Gasteiger partial charge is 0.245 e. The lowest BCUT2D eigenvalue weighted by atomic mass is 10.1. The molecule has 88 valence electrons. The fourth-order valence-corrected chi connectivity index (χ4v) is 1.89. The lowest BCUT2D eigenvalue weighted by Crippen LogP contribution is -2.26. The van der Waals surface area contributed by atoms with Crippen molar-refractivity contribution in [3.63, 3.8) is 0 Å². The molecule has 0 saturated heterocycles. The van der Waals surface area contributed by atoms with Crippen molar-refractivity contribution >= 4 is 16.8 Å². The van der Waals surface area contributed by atoms with Crippen LogP contribution in [0.5, 0.6) is 0 Å². The molecule has 0 saturated carbocycles. The molecule has 3 heteroatoms. The van der Waals surface area contributed by atoms with Gasteiger partial charge in [-0.05, 0) is 24.1 Å². The van der Waals surface area contributed by atoms with Crippen molar-refractivity contribution in [1.82, 2.24) is 9.88 Å². The highest BCUT2D eigenvalue weighted by Crippen LogP contribution is 2.18. The molecule has 0 bridgehead atoms. The van der Waals surface area contributed by atoms with E-state index >= 15 is 0 Å². The number of amides is 1. The van der Waals surface area contributed by atoms with Gasteiger partial charge in [0, 0.05) is 30.7 Å². The van der Waals surface area contributed by atoms with Crippen molar-refractivity contribution in [3.8, 4) is 0 Å². The molecule has 1 aromatic carbocycles. The summed E-state index contributed by atoms with van der Waals surface area (Å²) in [7, 11) is 1.79. The van der Waals surface area contributed by atoms with Crippen LogP contribution in [0.2, 0.25) is 0 Å². The Morgan fingerprint density at radius 1 is 1.47 bits per heavy atom. The van der Waals surface area contributed by atoms with Crippen molar-refractivity contribution < 1.29 is 4.79 Å². The maximum Gasteiger partial charge on any atom is 0.245 e. The summed E-state index contributed by atoms with van der Waals surface area (Å²) in [5.41, 5.74) is 2.38. The molecule has 0 radical (unpaired) electrons. The van der Waals surface area contributed by atoms with Gasteiger partial charge >= 0.3 is 0 Å². The molecule has 0 spiro atoms. The summed E-state index contributed by atoms with van der Waals surface area (Å²) in [5.74, 6) is -0.0372. The number of hydrogen-bond donors (Lipinski definition) is 1. The predicted molar refractivity (Wildman–Crippen MR) is 69.8 cm³/mol. The standard InChI is InChI=1S/C14H16N2O/c1-3-14(17)16(2)9-8-11-10-15-13-7-5-4-6-12(11)13/h3-7,10,15H,1,8-9H2,2H3. The number of fused-ring (bicyclic) bond motifs is 1. The van der Waals surface area contributed by atoms with E-state index in [2.05, 4.69) is 23.7 Å². The third-order valence-electron chi connectivity index (χ3n) is 2.94. The van der Waals surface area contributed by atoms with Gasteiger partial charge in [0.05, 0.1) is 0 Å². The molecule has 0 aliphatic rings. The van der Waals surface area contributed by atoms with E-state index in [-0.39, 0.29) is 5.91 Å². The SMILES string of the molecule is C=CC(=O)N(C)CCc1c[nH]c2ccccc12. The highest BCUT2D eigenvalue weighted by atomic mass is 16.2. The minimum atomic E-state index is -0.0372. The van der Waals surface area contributed by atoms with Crippen LogP contribution in [-0.4, -0.2) is 29.4 Å². The van der Waals surface area contributed by atoms with Crippen molar-refractivity contribution in [2.45, 2.75) is 6.42 Å². The molecule has 1 N–H and O–H groups in total. The first kappa shape index (κ1) is 11.5. The van der Waals surface area contributed by atoms with Crippen LogP contribution < -0.4 is 0 Å². The highest BCUT2D eigenvalue weighted by molar-refractivity contribution is 5.87. The second kappa shape index (κ2) is 4.87. The molecule has 3 nitrogen and oxygen atoms in total. The zero-order valence-electron chi connectivity index (χ0n) is 9.94. The monoisotopic (exact) mass is 228 g/mol. The topological polar surface area (TPSA) is 36.1 Å². The molecule has 1 amide bonds. The Bertz CT molecular complexity index is 542. The molecule has 0 aliphatic heterocycles. The Morgan fingerprint density at radius 3 is 3.00 bits per heavy atom. The van der Waals surface area contributed by atoms with Gasteiger partial charge in [0.1, 0.15) is 0 Å². The number of benzene rings is 1. The average Bonchev–Trinajstić information content (AvgIpc) is 2.78. The molecule has 0 aliphatic carbocycles. The van der Waals surface area contributed by atoms with Gasteiger partial charge in [-0.25, -0.2) is 0 Å². The lowest BCUT2D eigenvalue weighted by Gasteiger charge is -2.14. The number of carbonyl (C=O) groups excluding carboxylic acids is 1. The molecule has 2 aromatic rings. The zero-order chi connectivity index (χ0) is 12.3. The van der Waals surface area contributed by atoms with Crippen molar-refractivity contribution in [2.75, 3.05) is 13.6 Å². The molecule has 1 aromatic heterocycles. The molecule has 0 unspecified atom stereocenters. The van der Waals surface area contributed by atoms with Crippen LogP contribution in [0.25, 0.3) is 10.9 Å². The normalized spacial score (nSPS) is 10.4. The first-order chi connectivity index (χ1) is 8.22. The summed E-state index contributed by atoms with van der Waals surface area (Å²) in [6.45, 7) is 4.18. The van der Waals surface area contributed by atoms with Gasteiger partial charge in [-0.15, -0.1) is 0 Å². The molecule has 17 heavy (non-hydrogen) atoms. The van der Waals surface area contributed by atoms with E-state index in [1.54, 1.807) is 11.9 Å². The Kier molecular flexibility index (Phi) is 3.28. The largest absolute Gasteiger partial charge is 0.361 e. The predicted octanol–water partition coefficient (Wildman–Crippen LogP) is 2.35. The van der Waals surface area contributed by atoms with Gasteiger partial charge < -0.3 is 9.88 Å². The maximum atomic E-state index is 11.3. The number of rotatable bonds is 4. The Balaban J connectivity index is 2.09.